The minimum atomic E-state index is -0.723. The van der Waals surface area contributed by atoms with Gasteiger partial charge in [0.05, 0.1) is 0 Å². The second-order valence-corrected chi connectivity index (χ2v) is 4.75. The third kappa shape index (κ3) is 1.90. The first-order chi connectivity index (χ1) is 7.59. The van der Waals surface area contributed by atoms with Gasteiger partial charge in [0.15, 0.2) is 0 Å². The minimum absolute atomic E-state index is 0.366. The van der Waals surface area contributed by atoms with Crippen LogP contribution < -0.4 is 4.90 Å². The zero-order valence-corrected chi connectivity index (χ0v) is 9.68. The summed E-state index contributed by atoms with van der Waals surface area (Å²) >= 11 is 0. The predicted octanol–water partition coefficient (Wildman–Crippen LogP) is 2.33. The van der Waals surface area contributed by atoms with Crippen molar-refractivity contribution in [1.29, 1.82) is 0 Å². The maximum absolute atomic E-state index is 11.2. The molecule has 1 aliphatic heterocycles. The van der Waals surface area contributed by atoms with Crippen LogP contribution in [0.1, 0.15) is 25.3 Å². The number of hydrogen-bond donors (Lipinski definition) is 1. The van der Waals surface area contributed by atoms with Crippen molar-refractivity contribution >= 4 is 11.7 Å². The van der Waals surface area contributed by atoms with Crippen LogP contribution in [0.2, 0.25) is 0 Å². The molecular formula is C13H17NO2. The van der Waals surface area contributed by atoms with Gasteiger partial charge in [-0.25, -0.2) is 0 Å². The molecule has 0 spiro atoms. The van der Waals surface area contributed by atoms with Gasteiger partial charge in [-0.3, -0.25) is 4.79 Å². The van der Waals surface area contributed by atoms with E-state index in [-0.39, 0.29) is 5.92 Å². The van der Waals surface area contributed by atoms with Gasteiger partial charge in [0.2, 0.25) is 0 Å². The summed E-state index contributed by atoms with van der Waals surface area (Å²) < 4.78 is 0. The molecule has 0 aliphatic carbocycles. The molecule has 2 rings (SSSR count). The second-order valence-electron chi connectivity index (χ2n) is 4.75. The average molecular weight is 219 g/mol. The number of aliphatic carboxylic acids is 1. The molecule has 0 aromatic heterocycles. The predicted molar refractivity (Wildman–Crippen MR) is 63.9 cm³/mol. The topological polar surface area (TPSA) is 40.5 Å². The largest absolute Gasteiger partial charge is 0.481 e. The van der Waals surface area contributed by atoms with Crippen LogP contribution in [0, 0.1) is 5.92 Å². The summed E-state index contributed by atoms with van der Waals surface area (Å²) in [4.78, 5) is 13.3. The van der Waals surface area contributed by atoms with E-state index in [4.69, 9.17) is 0 Å². The number of nitrogens with zero attached hydrogens (tertiary/aromatic N) is 1. The van der Waals surface area contributed by atoms with Crippen LogP contribution in [0.5, 0.6) is 0 Å². The summed E-state index contributed by atoms with van der Waals surface area (Å²) in [6, 6.07) is 7.82. The Morgan fingerprint density at radius 3 is 2.81 bits per heavy atom. The fourth-order valence-electron chi connectivity index (χ4n) is 2.31. The third-order valence-electron chi connectivity index (χ3n) is 2.94. The van der Waals surface area contributed by atoms with E-state index in [1.54, 1.807) is 0 Å². The van der Waals surface area contributed by atoms with E-state index < -0.39 is 5.97 Å². The molecule has 0 saturated carbocycles. The van der Waals surface area contributed by atoms with Crippen LogP contribution >= 0.6 is 0 Å². The number of benzene rings is 1. The fraction of sp³-hybridized carbons (Fsp3) is 0.462. The maximum atomic E-state index is 11.2. The Hall–Kier alpha value is -1.51. The number of carboxylic acids is 1. The molecule has 16 heavy (non-hydrogen) atoms. The molecule has 0 saturated heterocycles. The van der Waals surface area contributed by atoms with Crippen LogP contribution in [0.25, 0.3) is 0 Å². The van der Waals surface area contributed by atoms with Crippen LogP contribution in [-0.4, -0.2) is 24.2 Å². The van der Waals surface area contributed by atoms with Gasteiger partial charge in [-0.1, -0.05) is 32.0 Å². The Labute approximate surface area is 95.7 Å². The quantitative estimate of drug-likeness (QED) is 0.848. The highest BCUT2D eigenvalue weighted by molar-refractivity contribution is 5.82. The third-order valence-corrected chi connectivity index (χ3v) is 2.94. The summed E-state index contributed by atoms with van der Waals surface area (Å²) in [6.45, 7) is 5.82. The van der Waals surface area contributed by atoms with Crippen LogP contribution in [0.3, 0.4) is 0 Å². The summed E-state index contributed by atoms with van der Waals surface area (Å²) in [7, 11) is 0. The Morgan fingerprint density at radius 2 is 2.19 bits per heavy atom. The van der Waals surface area contributed by atoms with Crippen molar-refractivity contribution in [2.24, 2.45) is 5.92 Å². The summed E-state index contributed by atoms with van der Waals surface area (Å²) in [5, 5.41) is 9.19. The lowest BCUT2D eigenvalue weighted by atomic mass is 10.0. The Morgan fingerprint density at radius 1 is 1.50 bits per heavy atom. The lowest BCUT2D eigenvalue weighted by molar-refractivity contribution is -0.138. The highest BCUT2D eigenvalue weighted by atomic mass is 16.4. The molecule has 0 bridgehead atoms. The highest BCUT2D eigenvalue weighted by Gasteiger charge is 2.33. The molecule has 0 amide bonds. The first-order valence-electron chi connectivity index (χ1n) is 5.66. The molecule has 1 unspecified atom stereocenters. The number of carbonyl (C=O) groups is 1. The van der Waals surface area contributed by atoms with Gasteiger partial charge in [0.25, 0.3) is 0 Å². The van der Waals surface area contributed by atoms with E-state index in [2.05, 4.69) is 18.7 Å². The molecule has 3 heteroatoms. The van der Waals surface area contributed by atoms with Crippen molar-refractivity contribution in [2.75, 3.05) is 18.0 Å². The number of rotatable bonds is 3. The van der Waals surface area contributed by atoms with E-state index in [0.717, 1.165) is 17.8 Å². The molecule has 1 atom stereocenters. The van der Waals surface area contributed by atoms with Crippen LogP contribution in [-0.2, 0) is 4.79 Å². The van der Waals surface area contributed by atoms with Gasteiger partial charge in [0.1, 0.15) is 5.92 Å². The van der Waals surface area contributed by atoms with Crippen molar-refractivity contribution in [2.45, 2.75) is 19.8 Å². The maximum Gasteiger partial charge on any atom is 0.312 e. The molecule has 1 N–H and O–H groups in total. The monoisotopic (exact) mass is 219 g/mol. The molecule has 1 heterocycles. The van der Waals surface area contributed by atoms with Gasteiger partial charge in [-0.05, 0) is 17.5 Å². The van der Waals surface area contributed by atoms with E-state index in [9.17, 15) is 9.90 Å². The molecule has 3 nitrogen and oxygen atoms in total. The second kappa shape index (κ2) is 4.16. The van der Waals surface area contributed by atoms with E-state index >= 15 is 0 Å². The molecule has 1 aromatic carbocycles. The van der Waals surface area contributed by atoms with Gasteiger partial charge in [-0.15, -0.1) is 0 Å². The number of anilines is 1. The Kier molecular flexibility index (Phi) is 2.86. The lowest BCUT2D eigenvalue weighted by Crippen LogP contribution is -2.28. The number of fused-ring (bicyclic) bond motifs is 1. The van der Waals surface area contributed by atoms with Gasteiger partial charge in [-0.2, -0.15) is 0 Å². The van der Waals surface area contributed by atoms with E-state index in [0.29, 0.717) is 12.5 Å². The summed E-state index contributed by atoms with van der Waals surface area (Å²) in [5.41, 5.74) is 2.04. The molecular weight excluding hydrogens is 202 g/mol. The molecule has 1 aromatic rings. The SMILES string of the molecule is CC(C)CN1CC(C(=O)O)c2ccccc21. The molecule has 0 fully saturated rings. The van der Waals surface area contributed by atoms with Crippen molar-refractivity contribution in [3.63, 3.8) is 0 Å². The molecule has 86 valence electrons. The lowest BCUT2D eigenvalue weighted by Gasteiger charge is -2.21. The summed E-state index contributed by atoms with van der Waals surface area (Å²) in [5.74, 6) is -0.547. The summed E-state index contributed by atoms with van der Waals surface area (Å²) in [6.07, 6.45) is 0. The zero-order valence-electron chi connectivity index (χ0n) is 9.68. The Bertz CT molecular complexity index is 401. The molecule has 0 radical (unpaired) electrons. The first kappa shape index (κ1) is 11.0. The molecule has 1 aliphatic rings. The van der Waals surface area contributed by atoms with E-state index in [1.165, 1.54) is 0 Å². The van der Waals surface area contributed by atoms with Gasteiger partial charge >= 0.3 is 5.97 Å². The average Bonchev–Trinajstić information content (AvgIpc) is 2.57. The fourth-order valence-corrected chi connectivity index (χ4v) is 2.31. The zero-order chi connectivity index (χ0) is 11.7. The normalized spacial score (nSPS) is 18.9. The van der Waals surface area contributed by atoms with Crippen molar-refractivity contribution < 1.29 is 9.90 Å². The van der Waals surface area contributed by atoms with Gasteiger partial charge in [0, 0.05) is 18.8 Å². The van der Waals surface area contributed by atoms with Crippen LogP contribution in [0.4, 0.5) is 5.69 Å². The highest BCUT2D eigenvalue weighted by Crippen LogP contribution is 2.36. The smallest absolute Gasteiger partial charge is 0.312 e. The van der Waals surface area contributed by atoms with Crippen molar-refractivity contribution in [1.82, 2.24) is 0 Å². The first-order valence-corrected chi connectivity index (χ1v) is 5.66. The van der Waals surface area contributed by atoms with Crippen LogP contribution in [0.15, 0.2) is 24.3 Å². The van der Waals surface area contributed by atoms with Crippen molar-refractivity contribution in [3.05, 3.63) is 29.8 Å². The number of carboxylic acid groups (broad SMARTS) is 1. The van der Waals surface area contributed by atoms with E-state index in [1.807, 2.05) is 24.3 Å². The van der Waals surface area contributed by atoms with Crippen molar-refractivity contribution in [3.8, 4) is 0 Å². The number of para-hydroxylation sites is 1. The minimum Gasteiger partial charge on any atom is -0.481 e. The standard InChI is InChI=1S/C13H17NO2/c1-9(2)7-14-8-11(13(15)16)10-5-3-4-6-12(10)14/h3-6,9,11H,7-8H2,1-2H3,(H,15,16). The Balaban J connectivity index is 2.31. The number of hydrogen-bond acceptors (Lipinski definition) is 2. The van der Waals surface area contributed by atoms with Gasteiger partial charge < -0.3 is 10.0 Å².